The van der Waals surface area contributed by atoms with Crippen molar-refractivity contribution in [1.82, 2.24) is 0 Å². The minimum absolute atomic E-state index is 0.211. The van der Waals surface area contributed by atoms with E-state index in [0.717, 1.165) is 0 Å². The van der Waals surface area contributed by atoms with Crippen LogP contribution in [0.3, 0.4) is 0 Å². The first-order valence-electron chi connectivity index (χ1n) is 2.44. The molecule has 0 heterocycles. The molecule has 6 N–H and O–H groups in total. The van der Waals surface area contributed by atoms with Crippen LogP contribution in [-0.2, 0) is 4.79 Å². The Hall–Kier alpha value is -0.650. The number of primary amides is 1. The molecular formula is C4H10N2O3. The average Bonchev–Trinajstić information content (AvgIpc) is 1.63. The van der Waals surface area contributed by atoms with E-state index in [-0.39, 0.29) is 6.42 Å². The molecule has 0 aromatic carbocycles. The van der Waals surface area contributed by atoms with E-state index in [0.29, 0.717) is 0 Å². The highest BCUT2D eigenvalue weighted by atomic mass is 16.5. The summed E-state index contributed by atoms with van der Waals surface area (Å²) in [5.74, 6) is -0.643. The fourth-order valence-electron chi connectivity index (χ4n) is 0.338. The topological polar surface area (TPSA) is 110 Å². The van der Waals surface area contributed by atoms with Gasteiger partial charge in [-0.3, -0.25) is 4.79 Å². The number of aliphatic hydroxyl groups excluding tert-OH is 1. The van der Waals surface area contributed by atoms with E-state index in [1.165, 1.54) is 0 Å². The van der Waals surface area contributed by atoms with Crippen molar-refractivity contribution in [2.75, 3.05) is 0 Å². The molecule has 0 spiro atoms. The number of rotatable bonds is 3. The number of hydrogen-bond donors (Lipinski definition) is 4. The second kappa shape index (κ2) is 3.39. The summed E-state index contributed by atoms with van der Waals surface area (Å²) in [5, 5.41) is 16.6. The van der Waals surface area contributed by atoms with E-state index >= 15 is 0 Å². The summed E-state index contributed by atoms with van der Waals surface area (Å²) >= 11 is 0. The van der Waals surface area contributed by atoms with Gasteiger partial charge in [-0.15, -0.1) is 0 Å². The molecule has 0 aliphatic carbocycles. The molecule has 0 aliphatic heterocycles. The second-order valence-corrected chi connectivity index (χ2v) is 1.75. The van der Waals surface area contributed by atoms with Gasteiger partial charge in [0.1, 0.15) is 0 Å². The summed E-state index contributed by atoms with van der Waals surface area (Å²) in [5.41, 5.74) is 9.71. The predicted molar refractivity (Wildman–Crippen MR) is 30.0 cm³/mol. The van der Waals surface area contributed by atoms with Crippen LogP contribution in [0.4, 0.5) is 0 Å². The minimum atomic E-state index is -1.67. The first-order chi connectivity index (χ1) is 4.04. The van der Waals surface area contributed by atoms with Crippen LogP contribution in [0.5, 0.6) is 0 Å². The third-order valence-electron chi connectivity index (χ3n) is 0.820. The van der Waals surface area contributed by atoms with Gasteiger partial charge in [0.2, 0.25) is 5.91 Å². The van der Waals surface area contributed by atoms with Crippen molar-refractivity contribution in [3.63, 3.8) is 0 Å². The van der Waals surface area contributed by atoms with Crippen molar-refractivity contribution in [2.45, 2.75) is 18.8 Å². The monoisotopic (exact) mass is 134 g/mol. The lowest BCUT2D eigenvalue weighted by atomic mass is 10.2. The van der Waals surface area contributed by atoms with Gasteiger partial charge in [0.05, 0.1) is 6.04 Å². The maximum Gasteiger partial charge on any atom is 0.219 e. The Morgan fingerprint density at radius 3 is 2.11 bits per heavy atom. The van der Waals surface area contributed by atoms with Gasteiger partial charge >= 0.3 is 0 Å². The second-order valence-electron chi connectivity index (χ2n) is 1.75. The molecule has 0 aliphatic rings. The van der Waals surface area contributed by atoms with Gasteiger partial charge in [0.15, 0.2) is 6.29 Å². The summed E-state index contributed by atoms with van der Waals surface area (Å²) in [6.45, 7) is 0. The fourth-order valence-corrected chi connectivity index (χ4v) is 0.338. The van der Waals surface area contributed by atoms with Gasteiger partial charge in [-0.2, -0.15) is 0 Å². The third kappa shape index (κ3) is 3.89. The van der Waals surface area contributed by atoms with Crippen LogP contribution in [-0.4, -0.2) is 28.5 Å². The highest BCUT2D eigenvalue weighted by Gasteiger charge is 2.12. The molecule has 1 atom stereocenters. The molecule has 0 aromatic rings. The number of aliphatic hydroxyl groups is 2. The van der Waals surface area contributed by atoms with Gasteiger partial charge < -0.3 is 21.7 Å². The van der Waals surface area contributed by atoms with Crippen LogP contribution in [0.2, 0.25) is 0 Å². The summed E-state index contributed by atoms with van der Waals surface area (Å²) in [6, 6.07) is -0.970. The molecule has 5 nitrogen and oxygen atoms in total. The Morgan fingerprint density at radius 1 is 1.56 bits per heavy atom. The molecule has 0 saturated carbocycles. The van der Waals surface area contributed by atoms with Gasteiger partial charge in [-0.25, -0.2) is 0 Å². The largest absolute Gasteiger partial charge is 0.370 e. The van der Waals surface area contributed by atoms with Crippen LogP contribution < -0.4 is 11.5 Å². The van der Waals surface area contributed by atoms with Gasteiger partial charge in [-0.05, 0) is 0 Å². The number of carbonyl (C=O) groups excluding carboxylic acids is 1. The SMILES string of the molecule is NC(=O)CC(N)C(O)O. The molecule has 0 fully saturated rings. The molecule has 0 aromatic heterocycles. The van der Waals surface area contributed by atoms with E-state index in [9.17, 15) is 4.79 Å². The Balaban J connectivity index is 3.50. The van der Waals surface area contributed by atoms with Gasteiger partial charge in [0, 0.05) is 6.42 Å². The van der Waals surface area contributed by atoms with Crippen molar-refractivity contribution in [3.8, 4) is 0 Å². The van der Waals surface area contributed by atoms with Crippen molar-refractivity contribution in [2.24, 2.45) is 11.5 Å². The van der Waals surface area contributed by atoms with E-state index < -0.39 is 18.2 Å². The number of amides is 1. The maximum absolute atomic E-state index is 10.0. The smallest absolute Gasteiger partial charge is 0.219 e. The quantitative estimate of drug-likeness (QED) is 0.320. The zero-order valence-electron chi connectivity index (χ0n) is 4.82. The lowest BCUT2D eigenvalue weighted by Gasteiger charge is -2.09. The Morgan fingerprint density at radius 2 is 2.00 bits per heavy atom. The van der Waals surface area contributed by atoms with Crippen molar-refractivity contribution < 1.29 is 15.0 Å². The van der Waals surface area contributed by atoms with Crippen LogP contribution in [0.25, 0.3) is 0 Å². The molecule has 0 bridgehead atoms. The predicted octanol–water partition coefficient (Wildman–Crippen LogP) is -2.50. The van der Waals surface area contributed by atoms with Crippen LogP contribution in [0.15, 0.2) is 0 Å². The standard InChI is InChI=1S/C4H10N2O3/c5-2(4(8)9)1-3(6)7/h2,4,8-9H,1,5H2,(H2,6,7). The molecule has 1 amide bonds. The summed E-state index contributed by atoms with van der Waals surface area (Å²) in [6.07, 6.45) is -1.88. The highest BCUT2D eigenvalue weighted by molar-refractivity contribution is 5.74. The van der Waals surface area contributed by atoms with Gasteiger partial charge in [0.25, 0.3) is 0 Å². The Kier molecular flexibility index (Phi) is 3.15. The Labute approximate surface area is 52.3 Å². The van der Waals surface area contributed by atoms with Gasteiger partial charge in [-0.1, -0.05) is 0 Å². The molecule has 5 heteroatoms. The highest BCUT2D eigenvalue weighted by Crippen LogP contribution is 1.89. The molecule has 0 radical (unpaired) electrons. The summed E-state index contributed by atoms with van der Waals surface area (Å²) in [7, 11) is 0. The van der Waals surface area contributed by atoms with E-state index in [1.807, 2.05) is 0 Å². The zero-order chi connectivity index (χ0) is 7.44. The lowest BCUT2D eigenvalue weighted by Crippen LogP contribution is -2.38. The average molecular weight is 134 g/mol. The molecule has 1 unspecified atom stereocenters. The van der Waals surface area contributed by atoms with Crippen LogP contribution in [0, 0.1) is 0 Å². The first kappa shape index (κ1) is 8.35. The van der Waals surface area contributed by atoms with E-state index in [4.69, 9.17) is 15.9 Å². The normalized spacial score (nSPS) is 13.8. The maximum atomic E-state index is 10.0. The fraction of sp³-hybridized carbons (Fsp3) is 0.750. The lowest BCUT2D eigenvalue weighted by molar-refractivity contribution is -0.121. The summed E-state index contributed by atoms with van der Waals surface area (Å²) < 4.78 is 0. The zero-order valence-corrected chi connectivity index (χ0v) is 4.82. The number of nitrogens with two attached hydrogens (primary N) is 2. The number of carbonyl (C=O) groups is 1. The minimum Gasteiger partial charge on any atom is -0.370 e. The molecule has 54 valence electrons. The summed E-state index contributed by atoms with van der Waals surface area (Å²) in [4.78, 5) is 10.0. The van der Waals surface area contributed by atoms with Crippen molar-refractivity contribution in [1.29, 1.82) is 0 Å². The number of hydrogen-bond acceptors (Lipinski definition) is 4. The molecule has 0 saturated heterocycles. The molecule has 0 rings (SSSR count). The van der Waals surface area contributed by atoms with Crippen LogP contribution >= 0.6 is 0 Å². The third-order valence-corrected chi connectivity index (χ3v) is 0.820. The van der Waals surface area contributed by atoms with Crippen molar-refractivity contribution in [3.05, 3.63) is 0 Å². The molecular weight excluding hydrogens is 124 g/mol. The van der Waals surface area contributed by atoms with E-state index in [2.05, 4.69) is 5.73 Å². The first-order valence-corrected chi connectivity index (χ1v) is 2.44. The Bertz CT molecular complexity index is 104. The van der Waals surface area contributed by atoms with E-state index in [1.54, 1.807) is 0 Å². The van der Waals surface area contributed by atoms with Crippen LogP contribution in [0.1, 0.15) is 6.42 Å². The van der Waals surface area contributed by atoms with Crippen molar-refractivity contribution >= 4 is 5.91 Å². The molecule has 9 heavy (non-hydrogen) atoms.